The minimum Gasteiger partial charge on any atom is -0.457 e. The molecule has 2 heterocycles. The molecule has 4 amide bonds. The molecule has 0 atom stereocenters. The molecule has 0 unspecified atom stereocenters. The van der Waals surface area contributed by atoms with Gasteiger partial charge in [-0.05, 0) is 187 Å². The van der Waals surface area contributed by atoms with Crippen LogP contribution in [-0.2, 0) is 40.5 Å². The summed E-state index contributed by atoms with van der Waals surface area (Å²) in [5, 5.41) is -0.627. The number of ether oxygens (including phenoxy) is 4. The predicted octanol–water partition coefficient (Wildman–Crippen LogP) is 22.7. The van der Waals surface area contributed by atoms with Gasteiger partial charge in [-0.15, -0.1) is 0 Å². The molecule has 0 aromatic heterocycles. The molecule has 26 heteroatoms. The van der Waals surface area contributed by atoms with Crippen molar-refractivity contribution in [1.29, 1.82) is 0 Å². The lowest BCUT2D eigenvalue weighted by Crippen LogP contribution is -2.42. The highest BCUT2D eigenvalue weighted by Crippen LogP contribution is 2.60. The molecule has 612 valence electrons. The third-order valence-electron chi connectivity index (χ3n) is 22.1. The first-order valence-electron chi connectivity index (χ1n) is 38.8. The van der Waals surface area contributed by atoms with E-state index in [0.29, 0.717) is 33.4 Å². The molecule has 0 saturated carbocycles. The van der Waals surface area contributed by atoms with Gasteiger partial charge in [0.15, 0.2) is 0 Å². The standard InChI is InChI=1S/C96H74N2O20S4/c1-51(2)71-33-19-34-72(52(3)4)91(71)97-93(99)75-47-79(115-63-29-15-25-57(37-63)55-21-11-9-12-22-55)85-86-80(116-64-30-16-26-58(38-64)56-23-13-10-14-24-56)48-76-84-78(96(102)98(94(76)100)92-73(53(5)6)35-20-36-74(92)54(7)8)50-82(118-66-40-62(44-70(46-66)122(112,113)114)60-28-18-32-68(42-60)120(106,107)108)88(90(84)86)87-81(49-77(95(97)101)83(75)89(85)87)117-65-39-61(43-69(45-65)121(109,110)111)59-27-17-31-67(41-59)119(103,104)105/h9-54H,1-8H3,(H,103,104,105)(H,106,107,108)(H,109,110,111)(H,112,113,114). The highest BCUT2D eigenvalue weighted by molar-refractivity contribution is 7.86. The zero-order valence-corrected chi connectivity index (χ0v) is 69.7. The van der Waals surface area contributed by atoms with Crippen molar-refractivity contribution in [2.45, 2.75) is 98.6 Å². The first kappa shape index (κ1) is 81.1. The highest BCUT2D eigenvalue weighted by atomic mass is 32.2. The Kier molecular flexibility index (Phi) is 20.2. The SMILES string of the molecule is CC(C)c1cccc(C(C)C)c1N1C(=O)c2cc(Oc3cccc(-c4ccccc4)c3)c3c4c(Oc5cccc(-c6ccccc6)c5)cc5c6c(cc(Oc7cc(-c8cccc(S(=O)(=O)O)c8)cc(S(=O)(=O)O)c7)c(c7c(Oc8cc(-c9cccc(S(=O)(=O)O)c9)cc(S(=O)(=O)O)c8)cc(c2c37)C1=O)c64)C(=O)N(c1c(C(C)C)cccc1C(C)C)C5=O. The number of benzene rings is 15. The van der Waals surface area contributed by atoms with Gasteiger partial charge >= 0.3 is 0 Å². The average Bonchev–Trinajstić information content (AvgIpc) is 0.668. The van der Waals surface area contributed by atoms with Gasteiger partial charge in [-0.25, -0.2) is 9.80 Å². The van der Waals surface area contributed by atoms with Crippen molar-refractivity contribution >= 4 is 119 Å². The summed E-state index contributed by atoms with van der Waals surface area (Å²) in [6, 6.07) is 65.6. The fourth-order valence-corrected chi connectivity index (χ4v) is 18.7. The maximum absolute atomic E-state index is 17.0. The summed E-state index contributed by atoms with van der Waals surface area (Å²) in [7, 11) is -20.5. The van der Waals surface area contributed by atoms with Crippen LogP contribution in [0.3, 0.4) is 0 Å². The van der Waals surface area contributed by atoms with Gasteiger partial charge in [-0.1, -0.05) is 201 Å². The van der Waals surface area contributed by atoms with E-state index in [1.807, 2.05) is 165 Å². The van der Waals surface area contributed by atoms with Crippen molar-refractivity contribution in [3.63, 3.8) is 0 Å². The molecule has 0 fully saturated rings. The molecule has 0 aliphatic carbocycles. The third kappa shape index (κ3) is 14.5. The average molecular weight is 1700 g/mol. The summed E-state index contributed by atoms with van der Waals surface area (Å²) in [5.74, 6) is -6.46. The van der Waals surface area contributed by atoms with Gasteiger partial charge in [-0.3, -0.25) is 37.4 Å². The van der Waals surface area contributed by atoms with Crippen molar-refractivity contribution in [1.82, 2.24) is 0 Å². The molecule has 122 heavy (non-hydrogen) atoms. The van der Waals surface area contributed by atoms with Crippen molar-refractivity contribution < 1.29 is 90.0 Å². The van der Waals surface area contributed by atoms with Crippen LogP contribution < -0.4 is 28.7 Å². The number of carbonyl (C=O) groups is 4. The van der Waals surface area contributed by atoms with E-state index in [2.05, 4.69) is 0 Å². The Labute approximate surface area is 702 Å². The van der Waals surface area contributed by atoms with Gasteiger partial charge in [0.2, 0.25) is 0 Å². The lowest BCUT2D eigenvalue weighted by Gasteiger charge is -2.35. The monoisotopic (exact) mass is 1700 g/mol. The van der Waals surface area contributed by atoms with Crippen molar-refractivity contribution in [3.8, 4) is 90.5 Å². The largest absolute Gasteiger partial charge is 0.457 e. The van der Waals surface area contributed by atoms with Gasteiger partial charge in [0.25, 0.3) is 64.1 Å². The van der Waals surface area contributed by atoms with E-state index >= 15 is 19.2 Å². The van der Waals surface area contributed by atoms with E-state index in [9.17, 15) is 51.9 Å². The lowest BCUT2D eigenvalue weighted by molar-refractivity contribution is 0.0877. The van der Waals surface area contributed by atoms with Crippen LogP contribution in [0.1, 0.15) is 143 Å². The number of amides is 4. The molecule has 0 bridgehead atoms. The second-order valence-corrected chi connectivity index (χ2v) is 37.0. The number of imide groups is 2. The van der Waals surface area contributed by atoms with Gasteiger partial charge in [0.1, 0.15) is 46.0 Å². The van der Waals surface area contributed by atoms with E-state index in [1.165, 1.54) is 60.7 Å². The number of para-hydroxylation sites is 2. The molecule has 4 N–H and O–H groups in total. The number of fused-ring (bicyclic) bond motifs is 2. The molecule has 0 spiro atoms. The number of anilines is 2. The summed E-state index contributed by atoms with van der Waals surface area (Å²) in [4.78, 5) is 67.3. The van der Waals surface area contributed by atoms with Crippen LogP contribution in [0.15, 0.2) is 274 Å². The van der Waals surface area contributed by atoms with E-state index in [-0.39, 0.29) is 146 Å². The van der Waals surface area contributed by atoms with Crippen molar-refractivity contribution in [3.05, 3.63) is 299 Å². The number of rotatable bonds is 22. The third-order valence-corrected chi connectivity index (χ3v) is 25.5. The Morgan fingerprint density at radius 2 is 0.484 bits per heavy atom. The summed E-state index contributed by atoms with van der Waals surface area (Å²) in [5.41, 5.74) is 4.72. The van der Waals surface area contributed by atoms with E-state index in [1.54, 1.807) is 36.4 Å². The van der Waals surface area contributed by atoms with E-state index in [4.69, 9.17) is 18.9 Å². The molecule has 0 radical (unpaired) electrons. The normalized spacial score (nSPS) is 13.3. The smallest absolute Gasteiger partial charge is 0.294 e. The summed E-state index contributed by atoms with van der Waals surface area (Å²) in [6.07, 6.45) is 0. The predicted molar refractivity (Wildman–Crippen MR) is 466 cm³/mol. The van der Waals surface area contributed by atoms with Gasteiger partial charge in [-0.2, -0.15) is 33.7 Å². The Morgan fingerprint density at radius 3 is 0.770 bits per heavy atom. The molecule has 2 aliphatic heterocycles. The van der Waals surface area contributed by atoms with Crippen LogP contribution >= 0.6 is 0 Å². The zero-order valence-electron chi connectivity index (χ0n) is 66.4. The van der Waals surface area contributed by atoms with Crippen LogP contribution in [0, 0.1) is 0 Å². The Morgan fingerprint density at radius 1 is 0.238 bits per heavy atom. The Hall–Kier alpha value is -13.3. The zero-order chi connectivity index (χ0) is 86.2. The Balaban J connectivity index is 1.11. The molecule has 2 aliphatic rings. The summed E-state index contributed by atoms with van der Waals surface area (Å²) in [6.45, 7) is 15.3. The van der Waals surface area contributed by atoms with Crippen LogP contribution in [0.5, 0.6) is 46.0 Å². The summed E-state index contributed by atoms with van der Waals surface area (Å²) >= 11 is 0. The molecule has 15 aromatic carbocycles. The van der Waals surface area contributed by atoms with Gasteiger partial charge in [0, 0.05) is 55.2 Å². The molecule has 22 nitrogen and oxygen atoms in total. The molecule has 15 aromatic rings. The highest BCUT2D eigenvalue weighted by Gasteiger charge is 2.45. The van der Waals surface area contributed by atoms with Crippen LogP contribution in [-0.4, -0.2) is 75.5 Å². The van der Waals surface area contributed by atoms with Crippen LogP contribution in [0.25, 0.3) is 87.6 Å². The maximum atomic E-state index is 17.0. The number of hydrogen-bond acceptors (Lipinski definition) is 16. The first-order valence-corrected chi connectivity index (χ1v) is 44.6. The van der Waals surface area contributed by atoms with Crippen molar-refractivity contribution in [2.75, 3.05) is 9.80 Å². The topological polar surface area (TPSA) is 329 Å². The number of nitrogens with zero attached hydrogens (tertiary/aromatic N) is 2. The summed E-state index contributed by atoms with van der Waals surface area (Å²) < 4.78 is 180. The Bertz CT molecular complexity index is 7000. The lowest BCUT2D eigenvalue weighted by atomic mass is 9.80. The van der Waals surface area contributed by atoms with Crippen molar-refractivity contribution in [2.24, 2.45) is 0 Å². The fraction of sp³-hybridized carbons (Fsp3) is 0.125. The number of hydrogen-bond donors (Lipinski definition) is 4. The van der Waals surface area contributed by atoms with E-state index in [0.717, 1.165) is 69.5 Å². The second-order valence-electron chi connectivity index (χ2n) is 31.3. The minimum absolute atomic E-state index is 0.00443. The fourth-order valence-electron chi connectivity index (χ4n) is 16.6. The van der Waals surface area contributed by atoms with Crippen LogP contribution in [0.4, 0.5) is 11.4 Å². The molecule has 17 rings (SSSR count). The van der Waals surface area contributed by atoms with Crippen LogP contribution in [0.2, 0.25) is 0 Å². The molecule has 0 saturated heterocycles. The quantitative estimate of drug-likeness (QED) is 0.0212. The maximum Gasteiger partial charge on any atom is 0.294 e. The second kappa shape index (κ2) is 30.5. The van der Waals surface area contributed by atoms with E-state index < -0.39 is 107 Å². The van der Waals surface area contributed by atoms with Gasteiger partial charge in [0.05, 0.1) is 53.2 Å². The minimum atomic E-state index is -5.31. The molecular formula is C96H74N2O20S4. The van der Waals surface area contributed by atoms with Gasteiger partial charge < -0.3 is 18.9 Å². The molecular weight excluding hydrogens is 1630 g/mol. The first-order chi connectivity index (χ1) is 58.0. The number of carbonyl (C=O) groups excluding carboxylic acids is 4.